The number of aromatic nitrogens is 1. The van der Waals surface area contributed by atoms with Crippen molar-refractivity contribution in [1.82, 2.24) is 4.98 Å². The van der Waals surface area contributed by atoms with Gasteiger partial charge in [-0.25, -0.2) is 4.79 Å². The summed E-state index contributed by atoms with van der Waals surface area (Å²) in [5.41, 5.74) is 0.735. The Morgan fingerprint density at radius 1 is 1.10 bits per heavy atom. The van der Waals surface area contributed by atoms with Crippen molar-refractivity contribution in [2.75, 3.05) is 6.61 Å². The molecule has 6 heteroatoms. The second-order valence-electron chi connectivity index (χ2n) is 6.92. The number of carbonyl (C=O) groups is 1. The maximum Gasteiger partial charge on any atom is 0.513 e. The van der Waals surface area contributed by atoms with Crippen LogP contribution in [-0.2, 0) is 4.74 Å². The molecule has 0 aliphatic rings. The summed E-state index contributed by atoms with van der Waals surface area (Å²) >= 11 is 0. The van der Waals surface area contributed by atoms with E-state index in [-0.39, 0.29) is 11.4 Å². The molecule has 0 fully saturated rings. The highest BCUT2D eigenvalue weighted by molar-refractivity contribution is 5.76. The summed E-state index contributed by atoms with van der Waals surface area (Å²) in [4.78, 5) is 28.1. The van der Waals surface area contributed by atoms with Crippen molar-refractivity contribution >= 4 is 17.1 Å². The molecule has 152 valence electrons. The number of carbonyl (C=O) groups excluding carboxylic acids is 1. The largest absolute Gasteiger partial charge is 0.513 e. The maximum atomic E-state index is 12.1. The monoisotopic (exact) mass is 395 g/mol. The van der Waals surface area contributed by atoms with Crippen LogP contribution in [0.1, 0.15) is 39.5 Å². The summed E-state index contributed by atoms with van der Waals surface area (Å²) in [6.07, 6.45) is 3.53. The van der Waals surface area contributed by atoms with Crippen molar-refractivity contribution in [3.8, 4) is 17.2 Å². The molecule has 2 aromatic carbocycles. The Bertz CT molecular complexity index is 1010. The van der Waals surface area contributed by atoms with E-state index in [4.69, 9.17) is 13.9 Å². The molecule has 0 amide bonds. The molecule has 0 radical (unpaired) electrons. The number of hydrogen-bond donors (Lipinski definition) is 0. The minimum Gasteiger partial charge on any atom is -0.437 e. The predicted octanol–water partition coefficient (Wildman–Crippen LogP) is 5.59. The maximum absolute atomic E-state index is 12.1. The molecule has 0 bridgehead atoms. The van der Waals surface area contributed by atoms with Crippen LogP contribution in [0.5, 0.6) is 5.75 Å². The molecule has 1 unspecified atom stereocenters. The second-order valence-corrected chi connectivity index (χ2v) is 6.92. The van der Waals surface area contributed by atoms with Crippen LogP contribution in [0.15, 0.2) is 57.7 Å². The number of para-hydroxylation sites is 1. The first-order valence-electron chi connectivity index (χ1n) is 9.95. The van der Waals surface area contributed by atoms with E-state index in [9.17, 15) is 9.59 Å². The number of unbranched alkanes of at least 4 members (excludes halogenated alkanes) is 1. The molecule has 0 aliphatic heterocycles. The average molecular weight is 395 g/mol. The molecule has 0 saturated carbocycles. The van der Waals surface area contributed by atoms with Gasteiger partial charge in [0, 0.05) is 5.56 Å². The summed E-state index contributed by atoms with van der Waals surface area (Å²) in [5, 5.41) is 0.434. The zero-order valence-corrected chi connectivity index (χ0v) is 16.7. The van der Waals surface area contributed by atoms with Crippen molar-refractivity contribution in [3.05, 3.63) is 58.9 Å². The number of rotatable bonds is 8. The number of nitrogens with zero attached hydrogens (tertiary/aromatic N) is 1. The highest BCUT2D eigenvalue weighted by Crippen LogP contribution is 2.23. The van der Waals surface area contributed by atoms with Gasteiger partial charge in [-0.3, -0.25) is 4.79 Å². The van der Waals surface area contributed by atoms with Gasteiger partial charge in [0.2, 0.25) is 5.89 Å². The number of hydrogen-bond acceptors (Lipinski definition) is 6. The Labute approximate surface area is 169 Å². The molecule has 6 nitrogen and oxygen atoms in total. The van der Waals surface area contributed by atoms with Gasteiger partial charge in [-0.05, 0) is 48.7 Å². The van der Waals surface area contributed by atoms with Gasteiger partial charge in [0.05, 0.1) is 12.0 Å². The Balaban J connectivity index is 1.63. The Morgan fingerprint density at radius 2 is 1.86 bits per heavy atom. The summed E-state index contributed by atoms with van der Waals surface area (Å²) in [6, 6.07) is 13.5. The van der Waals surface area contributed by atoms with Crippen LogP contribution in [0, 0.1) is 5.92 Å². The molecule has 1 aromatic heterocycles. The Hall–Kier alpha value is -3.15. The molecule has 1 atom stereocenters. The van der Waals surface area contributed by atoms with E-state index in [0.29, 0.717) is 34.8 Å². The van der Waals surface area contributed by atoms with Gasteiger partial charge in [0.25, 0.3) is 5.56 Å². The first-order chi connectivity index (χ1) is 14.1. The number of ether oxygens (including phenoxy) is 2. The summed E-state index contributed by atoms with van der Waals surface area (Å²) in [5.74, 6) is 0.916. The quantitative estimate of drug-likeness (QED) is 0.366. The predicted molar refractivity (Wildman–Crippen MR) is 111 cm³/mol. The van der Waals surface area contributed by atoms with Crippen molar-refractivity contribution in [2.45, 2.75) is 39.5 Å². The zero-order chi connectivity index (χ0) is 20.6. The fourth-order valence-electron chi connectivity index (χ4n) is 3.01. The van der Waals surface area contributed by atoms with E-state index in [2.05, 4.69) is 18.8 Å². The van der Waals surface area contributed by atoms with Crippen LogP contribution in [0.2, 0.25) is 0 Å². The molecular formula is C23H25NO5. The highest BCUT2D eigenvalue weighted by atomic mass is 16.7. The fourth-order valence-corrected chi connectivity index (χ4v) is 3.01. The minimum atomic E-state index is -0.719. The Kier molecular flexibility index (Phi) is 7.00. The van der Waals surface area contributed by atoms with Gasteiger partial charge >= 0.3 is 6.16 Å². The van der Waals surface area contributed by atoms with E-state index in [1.54, 1.807) is 48.5 Å². The summed E-state index contributed by atoms with van der Waals surface area (Å²) in [7, 11) is 0. The van der Waals surface area contributed by atoms with E-state index < -0.39 is 6.16 Å². The average Bonchev–Trinajstić information content (AvgIpc) is 2.74. The topological polar surface area (TPSA) is 78.6 Å². The van der Waals surface area contributed by atoms with Crippen molar-refractivity contribution in [1.29, 1.82) is 0 Å². The fraction of sp³-hybridized carbons (Fsp3) is 0.348. The molecule has 0 spiro atoms. The number of benzene rings is 2. The summed E-state index contributed by atoms with van der Waals surface area (Å²) < 4.78 is 16.2. The van der Waals surface area contributed by atoms with Gasteiger partial charge in [-0.2, -0.15) is 4.98 Å². The van der Waals surface area contributed by atoms with Gasteiger partial charge in [0.1, 0.15) is 11.3 Å². The van der Waals surface area contributed by atoms with Crippen LogP contribution in [0.4, 0.5) is 4.79 Å². The van der Waals surface area contributed by atoms with Crippen LogP contribution in [0.25, 0.3) is 22.4 Å². The third-order valence-corrected chi connectivity index (χ3v) is 4.81. The van der Waals surface area contributed by atoms with Crippen LogP contribution >= 0.6 is 0 Å². The van der Waals surface area contributed by atoms with Gasteiger partial charge in [-0.15, -0.1) is 0 Å². The first-order valence-corrected chi connectivity index (χ1v) is 9.95. The Morgan fingerprint density at radius 3 is 2.59 bits per heavy atom. The standard InChI is InChI=1S/C23H25NO5/c1-3-5-8-16(4-2)15-27-23(26)28-18-13-11-17(12-14-18)22-24-21(25)19-9-6-7-10-20(19)29-22/h6-7,9-14,16H,3-5,8,15H2,1-2H3. The van der Waals surface area contributed by atoms with Gasteiger partial charge in [0.15, 0.2) is 0 Å². The van der Waals surface area contributed by atoms with E-state index in [1.807, 2.05) is 0 Å². The van der Waals surface area contributed by atoms with E-state index in [0.717, 1.165) is 25.7 Å². The van der Waals surface area contributed by atoms with Crippen molar-refractivity contribution in [3.63, 3.8) is 0 Å². The van der Waals surface area contributed by atoms with Gasteiger partial charge in [-0.1, -0.05) is 45.2 Å². The SMILES string of the molecule is CCCCC(CC)COC(=O)Oc1ccc(-c2nc(=O)c3ccccc3o2)cc1. The molecule has 29 heavy (non-hydrogen) atoms. The highest BCUT2D eigenvalue weighted by Gasteiger charge is 2.13. The normalized spacial score (nSPS) is 11.9. The smallest absolute Gasteiger partial charge is 0.437 e. The summed E-state index contributed by atoms with van der Waals surface area (Å²) in [6.45, 7) is 4.59. The lowest BCUT2D eigenvalue weighted by molar-refractivity contribution is 0.0812. The zero-order valence-electron chi connectivity index (χ0n) is 16.7. The van der Waals surface area contributed by atoms with Crippen molar-refractivity contribution in [2.24, 2.45) is 5.92 Å². The lowest BCUT2D eigenvalue weighted by atomic mass is 10.0. The van der Waals surface area contributed by atoms with Crippen LogP contribution < -0.4 is 10.3 Å². The third kappa shape index (κ3) is 5.44. The third-order valence-electron chi connectivity index (χ3n) is 4.81. The van der Waals surface area contributed by atoms with E-state index in [1.165, 1.54) is 0 Å². The van der Waals surface area contributed by atoms with Gasteiger partial charge < -0.3 is 13.9 Å². The number of fused-ring (bicyclic) bond motifs is 1. The lowest BCUT2D eigenvalue weighted by Gasteiger charge is -2.14. The molecular weight excluding hydrogens is 370 g/mol. The minimum absolute atomic E-state index is 0.213. The molecule has 3 aromatic rings. The second kappa shape index (κ2) is 9.87. The first kappa shape index (κ1) is 20.6. The molecule has 3 rings (SSSR count). The van der Waals surface area contributed by atoms with Crippen molar-refractivity contribution < 1.29 is 18.7 Å². The molecule has 0 N–H and O–H groups in total. The molecule has 1 heterocycles. The van der Waals surface area contributed by atoms with Crippen LogP contribution in [-0.4, -0.2) is 17.7 Å². The van der Waals surface area contributed by atoms with E-state index >= 15 is 0 Å². The lowest BCUT2D eigenvalue weighted by Crippen LogP contribution is -2.16. The van der Waals surface area contributed by atoms with Crippen LogP contribution in [0.3, 0.4) is 0 Å². The molecule has 0 aliphatic carbocycles. The molecule has 0 saturated heterocycles.